The first-order valence-corrected chi connectivity index (χ1v) is 8.38. The largest absolute Gasteiger partial charge is 0.308 e. The molecule has 2 heterocycles. The minimum atomic E-state index is -0.0907. The molecule has 1 aliphatic carbocycles. The fourth-order valence-corrected chi connectivity index (χ4v) is 4.01. The van der Waals surface area contributed by atoms with E-state index in [4.69, 9.17) is 16.6 Å². The Balaban J connectivity index is 2.13. The molecular weight excluding hydrogens is 282 g/mol. The minimum Gasteiger partial charge on any atom is -0.308 e. The first-order valence-electron chi connectivity index (χ1n) is 7.94. The van der Waals surface area contributed by atoms with Gasteiger partial charge in [-0.3, -0.25) is 0 Å². The lowest BCUT2D eigenvalue weighted by Gasteiger charge is -2.33. The van der Waals surface area contributed by atoms with Crippen LogP contribution < -0.4 is 0 Å². The molecule has 1 saturated carbocycles. The Morgan fingerprint density at radius 1 is 1.24 bits per heavy atom. The van der Waals surface area contributed by atoms with Gasteiger partial charge in [-0.1, -0.05) is 13.8 Å². The Labute approximate surface area is 131 Å². The number of hydrogen-bond acceptors (Lipinski definition) is 2. The fourth-order valence-electron chi connectivity index (χ4n) is 3.86. The molecule has 3 unspecified atom stereocenters. The lowest BCUT2D eigenvalue weighted by Crippen LogP contribution is -2.24. The van der Waals surface area contributed by atoms with Crippen molar-refractivity contribution < 1.29 is 0 Å². The predicted octanol–water partition coefficient (Wildman–Crippen LogP) is 5.04. The van der Waals surface area contributed by atoms with Crippen LogP contribution >= 0.6 is 11.6 Å². The highest BCUT2D eigenvalue weighted by Crippen LogP contribution is 2.39. The third kappa shape index (κ3) is 2.80. The maximum Gasteiger partial charge on any atom is 0.160 e. The van der Waals surface area contributed by atoms with Crippen molar-refractivity contribution in [3.8, 4) is 0 Å². The molecule has 2 aromatic heterocycles. The molecule has 0 saturated heterocycles. The first kappa shape index (κ1) is 14.8. The minimum absolute atomic E-state index is 0.0907. The maximum absolute atomic E-state index is 6.40. The summed E-state index contributed by atoms with van der Waals surface area (Å²) < 4.78 is 2.32. The molecule has 0 amide bonds. The smallest absolute Gasteiger partial charge is 0.160 e. The van der Waals surface area contributed by atoms with Gasteiger partial charge in [0.1, 0.15) is 11.3 Å². The number of aromatic nitrogens is 3. The molecule has 114 valence electrons. The van der Waals surface area contributed by atoms with Crippen molar-refractivity contribution in [3.05, 3.63) is 23.7 Å². The quantitative estimate of drug-likeness (QED) is 0.728. The summed E-state index contributed by atoms with van der Waals surface area (Å²) >= 11 is 6.40. The summed E-state index contributed by atoms with van der Waals surface area (Å²) in [6, 6.07) is 2.58. The molecule has 4 heteroatoms. The zero-order chi connectivity index (χ0) is 15.1. The summed E-state index contributed by atoms with van der Waals surface area (Å²) in [4.78, 5) is 9.42. The summed E-state index contributed by atoms with van der Waals surface area (Å²) in [5.74, 6) is 2.47. The van der Waals surface area contributed by atoms with E-state index in [1.165, 1.54) is 19.3 Å². The molecule has 0 N–H and O–H groups in total. The normalized spacial score (nSPS) is 28.0. The zero-order valence-electron chi connectivity index (χ0n) is 13.3. The van der Waals surface area contributed by atoms with Crippen molar-refractivity contribution in [1.82, 2.24) is 14.5 Å². The summed E-state index contributed by atoms with van der Waals surface area (Å²) in [5.41, 5.74) is 3.11. The van der Waals surface area contributed by atoms with Gasteiger partial charge in [0.05, 0.1) is 5.38 Å². The van der Waals surface area contributed by atoms with Crippen LogP contribution in [0.5, 0.6) is 0 Å². The summed E-state index contributed by atoms with van der Waals surface area (Å²) in [7, 11) is 0. The van der Waals surface area contributed by atoms with Gasteiger partial charge in [0.15, 0.2) is 5.65 Å². The molecule has 0 bridgehead atoms. The van der Waals surface area contributed by atoms with Gasteiger partial charge in [-0.2, -0.15) is 0 Å². The number of hydrogen-bond donors (Lipinski definition) is 0. The third-order valence-corrected chi connectivity index (χ3v) is 4.76. The third-order valence-electron chi connectivity index (χ3n) is 4.57. The number of fused-ring (bicyclic) bond motifs is 1. The van der Waals surface area contributed by atoms with E-state index >= 15 is 0 Å². The van der Waals surface area contributed by atoms with Crippen LogP contribution in [0.2, 0.25) is 0 Å². The monoisotopic (exact) mass is 305 g/mol. The van der Waals surface area contributed by atoms with Gasteiger partial charge in [-0.15, -0.1) is 11.6 Å². The van der Waals surface area contributed by atoms with Gasteiger partial charge in [-0.25, -0.2) is 9.97 Å². The Hall–Kier alpha value is -1.09. The van der Waals surface area contributed by atoms with E-state index in [2.05, 4.69) is 36.4 Å². The van der Waals surface area contributed by atoms with Gasteiger partial charge in [0.2, 0.25) is 0 Å². The Kier molecular flexibility index (Phi) is 3.96. The van der Waals surface area contributed by atoms with Crippen molar-refractivity contribution in [2.75, 3.05) is 0 Å². The Bertz CT molecular complexity index is 637. The second kappa shape index (κ2) is 5.60. The first-order chi connectivity index (χ1) is 9.95. The second-order valence-corrected chi connectivity index (χ2v) is 7.54. The van der Waals surface area contributed by atoms with Gasteiger partial charge < -0.3 is 4.57 Å². The van der Waals surface area contributed by atoms with Gasteiger partial charge in [-0.05, 0) is 56.6 Å². The lowest BCUT2D eigenvalue weighted by molar-refractivity contribution is 0.221. The maximum atomic E-state index is 6.40. The van der Waals surface area contributed by atoms with Crippen LogP contribution in [0.15, 0.2) is 12.3 Å². The van der Waals surface area contributed by atoms with Crippen LogP contribution in [0, 0.1) is 18.8 Å². The van der Waals surface area contributed by atoms with Crippen LogP contribution in [0.4, 0.5) is 0 Å². The zero-order valence-corrected chi connectivity index (χ0v) is 14.1. The average Bonchev–Trinajstić information content (AvgIpc) is 2.76. The van der Waals surface area contributed by atoms with Crippen molar-refractivity contribution in [1.29, 1.82) is 0 Å². The number of aryl methyl sites for hydroxylation is 1. The van der Waals surface area contributed by atoms with Crippen LogP contribution in [0.3, 0.4) is 0 Å². The van der Waals surface area contributed by atoms with E-state index in [0.717, 1.165) is 34.4 Å². The summed E-state index contributed by atoms with van der Waals surface area (Å²) in [5, 5.41) is -0.0907. The number of halogens is 1. The Morgan fingerprint density at radius 2 is 1.90 bits per heavy atom. The van der Waals surface area contributed by atoms with Crippen LogP contribution in [0.1, 0.15) is 62.8 Å². The van der Waals surface area contributed by atoms with Crippen molar-refractivity contribution in [2.24, 2.45) is 11.8 Å². The SMILES string of the molecule is Cc1cnc2c(c1)nc(C(C)Cl)n2C1CC(C)CC(C)C1. The van der Waals surface area contributed by atoms with Crippen molar-refractivity contribution in [2.45, 2.75) is 58.4 Å². The number of alkyl halides is 1. The van der Waals surface area contributed by atoms with Gasteiger partial charge >= 0.3 is 0 Å². The summed E-state index contributed by atoms with van der Waals surface area (Å²) in [6.45, 7) is 8.76. The molecule has 21 heavy (non-hydrogen) atoms. The van der Waals surface area contributed by atoms with E-state index < -0.39 is 0 Å². The number of pyridine rings is 1. The molecule has 1 fully saturated rings. The Morgan fingerprint density at radius 3 is 2.52 bits per heavy atom. The van der Waals surface area contributed by atoms with E-state index in [0.29, 0.717) is 6.04 Å². The molecule has 1 aliphatic rings. The van der Waals surface area contributed by atoms with E-state index in [1.807, 2.05) is 13.1 Å². The standard InChI is InChI=1S/C17H24ClN3/c1-10-5-11(2)7-14(6-10)21-16(13(4)18)20-15-8-12(3)9-19-17(15)21/h8-11,13-14H,5-7H2,1-4H3. The molecule has 0 spiro atoms. The highest BCUT2D eigenvalue weighted by atomic mass is 35.5. The molecule has 0 radical (unpaired) electrons. The van der Waals surface area contributed by atoms with E-state index in [9.17, 15) is 0 Å². The van der Waals surface area contributed by atoms with Crippen molar-refractivity contribution >= 4 is 22.8 Å². The average molecular weight is 306 g/mol. The second-order valence-electron chi connectivity index (χ2n) is 6.88. The number of imidazole rings is 1. The van der Waals surface area contributed by atoms with Gasteiger partial charge in [0, 0.05) is 12.2 Å². The molecule has 3 nitrogen and oxygen atoms in total. The highest BCUT2D eigenvalue weighted by molar-refractivity contribution is 6.20. The molecule has 0 aliphatic heterocycles. The molecular formula is C17H24ClN3. The molecule has 0 aromatic carbocycles. The molecule has 2 aromatic rings. The number of rotatable bonds is 2. The van der Waals surface area contributed by atoms with Crippen LogP contribution in [0.25, 0.3) is 11.2 Å². The van der Waals surface area contributed by atoms with Crippen LogP contribution in [-0.2, 0) is 0 Å². The summed E-state index contributed by atoms with van der Waals surface area (Å²) in [6.07, 6.45) is 5.64. The number of nitrogens with zero attached hydrogens (tertiary/aromatic N) is 3. The molecule has 3 rings (SSSR count). The lowest BCUT2D eigenvalue weighted by atomic mass is 9.80. The predicted molar refractivity (Wildman–Crippen MR) is 87.7 cm³/mol. The van der Waals surface area contributed by atoms with Crippen LogP contribution in [-0.4, -0.2) is 14.5 Å². The van der Waals surface area contributed by atoms with Gasteiger partial charge in [0.25, 0.3) is 0 Å². The van der Waals surface area contributed by atoms with E-state index in [1.54, 1.807) is 0 Å². The van der Waals surface area contributed by atoms with E-state index in [-0.39, 0.29) is 5.38 Å². The van der Waals surface area contributed by atoms with Crippen molar-refractivity contribution in [3.63, 3.8) is 0 Å². The molecule has 3 atom stereocenters. The highest BCUT2D eigenvalue weighted by Gasteiger charge is 2.29. The topological polar surface area (TPSA) is 30.7 Å². The fraction of sp³-hybridized carbons (Fsp3) is 0.647.